The van der Waals surface area contributed by atoms with Crippen LogP contribution in [0.25, 0.3) is 0 Å². The minimum atomic E-state index is 1.03. The Kier molecular flexibility index (Phi) is 27.5. The molecule has 0 unspecified atom stereocenters. The molecule has 0 heteroatoms. The van der Waals surface area contributed by atoms with Crippen LogP contribution in [-0.4, -0.2) is 0 Å². The van der Waals surface area contributed by atoms with Crippen molar-refractivity contribution in [2.45, 2.75) is 99.8 Å². The van der Waals surface area contributed by atoms with E-state index >= 15 is 0 Å². The second-order valence-electron chi connectivity index (χ2n) is 9.60. The first-order valence-corrected chi connectivity index (χ1v) is 12.9. The fourth-order valence-corrected chi connectivity index (χ4v) is 2.57. The van der Waals surface area contributed by atoms with Crippen LogP contribution in [0, 0.1) is 0 Å². The Morgan fingerprint density at radius 1 is 0.486 bits per heavy atom. The van der Waals surface area contributed by atoms with Crippen molar-refractivity contribution in [3.05, 3.63) is 121 Å². The molecule has 0 aromatic heterocycles. The number of hydrogen-bond donors (Lipinski definition) is 0. The Morgan fingerprint density at radius 2 is 0.886 bits per heavy atom. The molecule has 0 bridgehead atoms. The molecule has 0 atom stereocenters. The van der Waals surface area contributed by atoms with E-state index in [4.69, 9.17) is 0 Å². The monoisotopic (exact) mass is 476 g/mol. The van der Waals surface area contributed by atoms with E-state index in [9.17, 15) is 0 Å². The average molecular weight is 477 g/mol. The summed E-state index contributed by atoms with van der Waals surface area (Å²) in [5, 5.41) is 0. The fourth-order valence-electron chi connectivity index (χ4n) is 2.57. The topological polar surface area (TPSA) is 0 Å². The average Bonchev–Trinajstić information content (AvgIpc) is 2.78. The van der Waals surface area contributed by atoms with Gasteiger partial charge in [-0.3, -0.25) is 0 Å². The van der Waals surface area contributed by atoms with Crippen LogP contribution in [-0.2, 0) is 0 Å². The third-order valence-corrected chi connectivity index (χ3v) is 5.00. The van der Waals surface area contributed by atoms with E-state index in [1.165, 1.54) is 34.3 Å². The number of allylic oxidation sites excluding steroid dienone is 14. The van der Waals surface area contributed by atoms with Crippen LogP contribution in [0.2, 0.25) is 0 Å². The molecule has 0 aromatic carbocycles. The summed E-state index contributed by atoms with van der Waals surface area (Å²) in [6.45, 7) is 37.4. The maximum absolute atomic E-state index is 3.90. The highest BCUT2D eigenvalue weighted by Gasteiger charge is 1.90. The van der Waals surface area contributed by atoms with Crippen molar-refractivity contribution in [3.8, 4) is 0 Å². The summed E-state index contributed by atoms with van der Waals surface area (Å²) in [5.74, 6) is 0. The first-order chi connectivity index (χ1) is 16.4. The summed E-state index contributed by atoms with van der Waals surface area (Å²) in [4.78, 5) is 0. The summed E-state index contributed by atoms with van der Waals surface area (Å²) in [6.07, 6.45) is 23.3. The third-order valence-electron chi connectivity index (χ3n) is 5.00. The molecule has 0 aliphatic carbocycles. The van der Waals surface area contributed by atoms with E-state index in [0.717, 1.165) is 56.1 Å². The zero-order valence-corrected chi connectivity index (χ0v) is 24.4. The number of hydrogen-bond acceptors (Lipinski definition) is 0. The second-order valence-corrected chi connectivity index (χ2v) is 9.60. The Morgan fingerprint density at radius 3 is 1.26 bits per heavy atom. The van der Waals surface area contributed by atoms with E-state index in [-0.39, 0.29) is 0 Å². The molecule has 0 saturated heterocycles. The fraction of sp³-hybridized carbons (Fsp3) is 0.429. The molecule has 0 spiro atoms. The molecule has 0 N–H and O–H groups in total. The first-order valence-electron chi connectivity index (χ1n) is 12.9. The minimum Gasteiger partial charge on any atom is -0.100 e. The molecule has 0 aliphatic heterocycles. The van der Waals surface area contributed by atoms with E-state index in [1.54, 1.807) is 0 Å². The van der Waals surface area contributed by atoms with Crippen molar-refractivity contribution in [2.75, 3.05) is 0 Å². The van der Waals surface area contributed by atoms with Gasteiger partial charge in [-0.2, -0.15) is 0 Å². The summed E-state index contributed by atoms with van der Waals surface area (Å²) >= 11 is 0. The maximum Gasteiger partial charge on any atom is -0.0250 e. The summed E-state index contributed by atoms with van der Waals surface area (Å²) in [6, 6.07) is 0. The predicted molar refractivity (Wildman–Crippen MR) is 167 cm³/mol. The number of rotatable bonds is 15. The molecule has 196 valence electrons. The SMILES string of the molecule is C=C/C(C)=C/CCC(=C)C.C=CC(=C)CC/C=C(\C)CCC=C(C)C.C=CC(=C)CCC=C(C)C. The van der Waals surface area contributed by atoms with Crippen molar-refractivity contribution in [1.29, 1.82) is 0 Å². The first kappa shape index (κ1) is 37.0. The van der Waals surface area contributed by atoms with E-state index in [0.29, 0.717) is 0 Å². The van der Waals surface area contributed by atoms with Gasteiger partial charge in [-0.1, -0.05) is 114 Å². The van der Waals surface area contributed by atoms with Crippen LogP contribution >= 0.6 is 0 Å². The third kappa shape index (κ3) is 36.2. The largest absolute Gasteiger partial charge is 0.100 e. The maximum atomic E-state index is 3.90. The van der Waals surface area contributed by atoms with Gasteiger partial charge in [-0.25, -0.2) is 0 Å². The molecule has 0 saturated carbocycles. The van der Waals surface area contributed by atoms with Gasteiger partial charge in [0.1, 0.15) is 0 Å². The lowest BCUT2D eigenvalue weighted by Crippen LogP contribution is -1.79. The lowest BCUT2D eigenvalue weighted by molar-refractivity contribution is 0.929. The minimum absolute atomic E-state index is 1.03. The van der Waals surface area contributed by atoms with E-state index in [2.05, 4.69) is 112 Å². The van der Waals surface area contributed by atoms with Crippen LogP contribution in [0.5, 0.6) is 0 Å². The van der Waals surface area contributed by atoms with Gasteiger partial charge in [0.15, 0.2) is 0 Å². The standard InChI is InChI=1S/C15H24.2C10H16/c1-6-14(4)10-8-12-15(5)11-7-9-13(2)3;2*1-5-10(4)8-6-7-9(2)3/h6,9,12H,1,4,7-8,10-11H2,2-3,5H3;5,7H,1,4,6,8H2,2-3H3;5,8H,1-2,6-7H2,3-4H3/b15-12+;;10-8+. The van der Waals surface area contributed by atoms with E-state index < -0.39 is 0 Å². The molecule has 35 heavy (non-hydrogen) atoms. The predicted octanol–water partition coefficient (Wildman–Crippen LogP) is 12.2. The Bertz CT molecular complexity index is 763. The van der Waals surface area contributed by atoms with Gasteiger partial charge in [-0.15, -0.1) is 6.58 Å². The Hall–Kier alpha value is -2.60. The molecular weight excluding hydrogens is 420 g/mol. The molecule has 0 heterocycles. The molecular formula is C35H56. The summed E-state index contributed by atoms with van der Waals surface area (Å²) in [5.41, 5.74) is 9.00. The van der Waals surface area contributed by atoms with Crippen molar-refractivity contribution in [3.63, 3.8) is 0 Å². The van der Waals surface area contributed by atoms with Gasteiger partial charge in [0.25, 0.3) is 0 Å². The van der Waals surface area contributed by atoms with Gasteiger partial charge >= 0.3 is 0 Å². The summed E-state index contributed by atoms with van der Waals surface area (Å²) in [7, 11) is 0. The Labute approximate surface area is 220 Å². The van der Waals surface area contributed by atoms with Crippen molar-refractivity contribution >= 4 is 0 Å². The molecule has 0 fully saturated rings. The molecule has 0 aliphatic rings. The summed E-state index contributed by atoms with van der Waals surface area (Å²) < 4.78 is 0. The molecule has 0 aromatic rings. The second kappa shape index (κ2) is 26.0. The highest BCUT2D eigenvalue weighted by molar-refractivity contribution is 5.14. The van der Waals surface area contributed by atoms with Gasteiger partial charge < -0.3 is 0 Å². The zero-order chi connectivity index (χ0) is 27.6. The smallest absolute Gasteiger partial charge is 0.0250 e. The normalized spacial score (nSPS) is 10.4. The van der Waals surface area contributed by atoms with Crippen molar-refractivity contribution in [2.24, 2.45) is 0 Å². The van der Waals surface area contributed by atoms with Gasteiger partial charge in [0.05, 0.1) is 0 Å². The van der Waals surface area contributed by atoms with Crippen molar-refractivity contribution < 1.29 is 0 Å². The van der Waals surface area contributed by atoms with Crippen LogP contribution in [0.1, 0.15) is 99.8 Å². The lowest BCUT2D eigenvalue weighted by Gasteiger charge is -2.00. The van der Waals surface area contributed by atoms with Gasteiger partial charge in [-0.05, 0) is 99.8 Å². The lowest BCUT2D eigenvalue weighted by atomic mass is 10.1. The molecule has 0 amide bonds. The molecule has 0 nitrogen and oxygen atoms in total. The zero-order valence-electron chi connectivity index (χ0n) is 24.4. The highest BCUT2D eigenvalue weighted by Crippen LogP contribution is 2.11. The van der Waals surface area contributed by atoms with E-state index in [1.807, 2.05) is 18.2 Å². The van der Waals surface area contributed by atoms with Crippen LogP contribution in [0.4, 0.5) is 0 Å². The van der Waals surface area contributed by atoms with Crippen LogP contribution < -0.4 is 0 Å². The Balaban J connectivity index is -0.000000454. The van der Waals surface area contributed by atoms with Crippen LogP contribution in [0.3, 0.4) is 0 Å². The molecule has 0 rings (SSSR count). The molecule has 0 radical (unpaired) electrons. The van der Waals surface area contributed by atoms with Crippen LogP contribution in [0.15, 0.2) is 121 Å². The van der Waals surface area contributed by atoms with Gasteiger partial charge in [0, 0.05) is 0 Å². The van der Waals surface area contributed by atoms with Crippen molar-refractivity contribution in [1.82, 2.24) is 0 Å². The quantitative estimate of drug-likeness (QED) is 0.163. The highest BCUT2D eigenvalue weighted by atomic mass is 14.0. The van der Waals surface area contributed by atoms with Gasteiger partial charge in [0.2, 0.25) is 0 Å².